The molecule has 0 saturated carbocycles. The van der Waals surface area contributed by atoms with Gasteiger partial charge in [-0.1, -0.05) is 6.07 Å². The van der Waals surface area contributed by atoms with Gasteiger partial charge in [0, 0.05) is 44.5 Å². The molecule has 1 aliphatic rings. The second-order valence-corrected chi connectivity index (χ2v) is 5.29. The van der Waals surface area contributed by atoms with Crippen LogP contribution in [0.25, 0.3) is 0 Å². The summed E-state index contributed by atoms with van der Waals surface area (Å²) in [4.78, 5) is 18.7. The van der Waals surface area contributed by atoms with Crippen LogP contribution in [0.4, 0.5) is 0 Å². The zero-order valence-corrected chi connectivity index (χ0v) is 11.9. The van der Waals surface area contributed by atoms with Gasteiger partial charge >= 0.3 is 0 Å². The van der Waals surface area contributed by atoms with Gasteiger partial charge in [0.05, 0.1) is 5.92 Å². The van der Waals surface area contributed by atoms with Crippen LogP contribution in [0.3, 0.4) is 0 Å². The monoisotopic (exact) mass is 276 g/mol. The van der Waals surface area contributed by atoms with E-state index in [0.717, 1.165) is 44.6 Å². The Morgan fingerprint density at radius 1 is 1.50 bits per heavy atom. The second-order valence-electron chi connectivity index (χ2n) is 5.29. The number of aromatic nitrogens is 1. The molecule has 3 N–H and O–H groups in total. The molecule has 1 aliphatic heterocycles. The Bertz CT molecular complexity index is 410. The number of nitrogens with two attached hydrogens (primary N) is 1. The van der Waals surface area contributed by atoms with Crippen LogP contribution in [0, 0.1) is 5.92 Å². The highest BCUT2D eigenvalue weighted by molar-refractivity contribution is 5.78. The van der Waals surface area contributed by atoms with E-state index in [0.29, 0.717) is 13.1 Å². The zero-order valence-electron chi connectivity index (χ0n) is 11.9. The first kappa shape index (κ1) is 14.9. The van der Waals surface area contributed by atoms with E-state index in [4.69, 9.17) is 5.73 Å². The van der Waals surface area contributed by atoms with E-state index in [-0.39, 0.29) is 11.8 Å². The molecule has 0 spiro atoms. The SMILES string of the molecule is NCCNC(=O)C1CCCN(CCc2ccccn2)C1. The number of nitrogens with one attached hydrogen (secondary N) is 1. The van der Waals surface area contributed by atoms with Gasteiger partial charge in [0.2, 0.25) is 5.91 Å². The lowest BCUT2D eigenvalue weighted by molar-refractivity contribution is -0.126. The van der Waals surface area contributed by atoms with Crippen LogP contribution in [0.15, 0.2) is 24.4 Å². The molecule has 2 rings (SSSR count). The Morgan fingerprint density at radius 3 is 3.15 bits per heavy atom. The van der Waals surface area contributed by atoms with Gasteiger partial charge in [0.15, 0.2) is 0 Å². The number of carbonyl (C=O) groups excluding carboxylic acids is 1. The molecule has 110 valence electrons. The van der Waals surface area contributed by atoms with E-state index >= 15 is 0 Å². The van der Waals surface area contributed by atoms with Gasteiger partial charge < -0.3 is 16.0 Å². The average Bonchev–Trinajstić information content (AvgIpc) is 2.52. The molecule has 5 nitrogen and oxygen atoms in total. The minimum absolute atomic E-state index is 0.110. The van der Waals surface area contributed by atoms with Crippen LogP contribution in [-0.4, -0.2) is 48.5 Å². The first-order chi connectivity index (χ1) is 9.79. The number of pyridine rings is 1. The second kappa shape index (κ2) is 7.97. The summed E-state index contributed by atoms with van der Waals surface area (Å²) in [5, 5.41) is 2.89. The van der Waals surface area contributed by atoms with Crippen molar-refractivity contribution < 1.29 is 4.79 Å². The van der Waals surface area contributed by atoms with Gasteiger partial charge in [-0.2, -0.15) is 0 Å². The molecule has 1 saturated heterocycles. The smallest absolute Gasteiger partial charge is 0.224 e. The summed E-state index contributed by atoms with van der Waals surface area (Å²) in [7, 11) is 0. The number of piperidine rings is 1. The Morgan fingerprint density at radius 2 is 2.40 bits per heavy atom. The average molecular weight is 276 g/mol. The number of rotatable bonds is 6. The molecule has 1 amide bonds. The number of hydrogen-bond acceptors (Lipinski definition) is 4. The summed E-state index contributed by atoms with van der Waals surface area (Å²) in [6.07, 6.45) is 4.84. The molecule has 1 aromatic rings. The standard InChI is InChI=1S/C15H24N4O/c16-7-9-18-15(20)13-4-3-10-19(12-13)11-6-14-5-1-2-8-17-14/h1-2,5,8,13H,3-4,6-7,9-12,16H2,(H,18,20). The van der Waals surface area contributed by atoms with Crippen molar-refractivity contribution in [2.24, 2.45) is 11.7 Å². The third-order valence-electron chi connectivity index (χ3n) is 3.73. The highest BCUT2D eigenvalue weighted by atomic mass is 16.1. The van der Waals surface area contributed by atoms with Crippen LogP contribution in [0.5, 0.6) is 0 Å². The van der Waals surface area contributed by atoms with E-state index in [1.54, 1.807) is 0 Å². The number of hydrogen-bond donors (Lipinski definition) is 2. The summed E-state index contributed by atoms with van der Waals surface area (Å²) >= 11 is 0. The minimum Gasteiger partial charge on any atom is -0.355 e. The summed E-state index contributed by atoms with van der Waals surface area (Å²) in [5.41, 5.74) is 6.53. The van der Waals surface area contributed by atoms with Crippen LogP contribution >= 0.6 is 0 Å². The molecule has 1 aromatic heterocycles. The van der Waals surface area contributed by atoms with Crippen molar-refractivity contribution in [1.29, 1.82) is 0 Å². The number of nitrogens with zero attached hydrogens (tertiary/aromatic N) is 2. The molecule has 1 unspecified atom stereocenters. The first-order valence-electron chi connectivity index (χ1n) is 7.39. The summed E-state index contributed by atoms with van der Waals surface area (Å²) in [6, 6.07) is 6.00. The zero-order chi connectivity index (χ0) is 14.2. The molecular formula is C15H24N4O. The Hall–Kier alpha value is -1.46. The van der Waals surface area contributed by atoms with E-state index in [1.165, 1.54) is 0 Å². The molecule has 1 atom stereocenters. The molecular weight excluding hydrogens is 252 g/mol. The Balaban J connectivity index is 1.77. The van der Waals surface area contributed by atoms with Gasteiger partial charge in [0.25, 0.3) is 0 Å². The van der Waals surface area contributed by atoms with Gasteiger partial charge in [-0.05, 0) is 31.5 Å². The van der Waals surface area contributed by atoms with Crippen LogP contribution in [0.1, 0.15) is 18.5 Å². The predicted molar refractivity (Wildman–Crippen MR) is 79.2 cm³/mol. The third kappa shape index (κ3) is 4.58. The van der Waals surface area contributed by atoms with Crippen LogP contribution < -0.4 is 11.1 Å². The Kier molecular flexibility index (Phi) is 5.95. The number of amides is 1. The Labute approximate surface area is 120 Å². The fraction of sp³-hybridized carbons (Fsp3) is 0.600. The molecule has 0 aliphatic carbocycles. The lowest BCUT2D eigenvalue weighted by atomic mass is 9.97. The molecule has 1 fully saturated rings. The van der Waals surface area contributed by atoms with Crippen molar-refractivity contribution in [2.45, 2.75) is 19.3 Å². The van der Waals surface area contributed by atoms with Crippen molar-refractivity contribution in [3.05, 3.63) is 30.1 Å². The first-order valence-corrected chi connectivity index (χ1v) is 7.39. The quantitative estimate of drug-likeness (QED) is 0.789. The summed E-state index contributed by atoms with van der Waals surface area (Å²) in [6.45, 7) is 3.97. The maximum absolute atomic E-state index is 12.0. The van der Waals surface area contributed by atoms with Crippen LogP contribution in [0.2, 0.25) is 0 Å². The molecule has 0 bridgehead atoms. The van der Waals surface area contributed by atoms with Crippen LogP contribution in [-0.2, 0) is 11.2 Å². The van der Waals surface area contributed by atoms with E-state index in [2.05, 4.69) is 21.3 Å². The largest absolute Gasteiger partial charge is 0.355 e. The fourth-order valence-corrected chi connectivity index (χ4v) is 2.63. The summed E-state index contributed by atoms with van der Waals surface area (Å²) < 4.78 is 0. The van der Waals surface area contributed by atoms with E-state index < -0.39 is 0 Å². The van der Waals surface area contributed by atoms with Gasteiger partial charge in [-0.15, -0.1) is 0 Å². The predicted octanol–water partition coefficient (Wildman–Crippen LogP) is 0.411. The van der Waals surface area contributed by atoms with Crippen molar-refractivity contribution >= 4 is 5.91 Å². The molecule has 5 heteroatoms. The molecule has 0 radical (unpaired) electrons. The maximum Gasteiger partial charge on any atom is 0.224 e. The van der Waals surface area contributed by atoms with E-state index in [9.17, 15) is 4.79 Å². The van der Waals surface area contributed by atoms with Crippen molar-refractivity contribution in [1.82, 2.24) is 15.2 Å². The van der Waals surface area contributed by atoms with Gasteiger partial charge in [-0.25, -0.2) is 0 Å². The van der Waals surface area contributed by atoms with E-state index in [1.807, 2.05) is 18.3 Å². The van der Waals surface area contributed by atoms with Crippen molar-refractivity contribution in [3.63, 3.8) is 0 Å². The molecule has 0 aromatic carbocycles. The third-order valence-corrected chi connectivity index (χ3v) is 3.73. The number of carbonyl (C=O) groups is 1. The fourth-order valence-electron chi connectivity index (χ4n) is 2.63. The molecule has 20 heavy (non-hydrogen) atoms. The van der Waals surface area contributed by atoms with Crippen molar-refractivity contribution in [2.75, 3.05) is 32.7 Å². The molecule has 2 heterocycles. The topological polar surface area (TPSA) is 71.2 Å². The lowest BCUT2D eigenvalue weighted by Crippen LogP contribution is -2.44. The highest BCUT2D eigenvalue weighted by Crippen LogP contribution is 2.16. The lowest BCUT2D eigenvalue weighted by Gasteiger charge is -2.31. The van der Waals surface area contributed by atoms with Gasteiger partial charge in [-0.3, -0.25) is 9.78 Å². The minimum atomic E-state index is 0.110. The number of likely N-dealkylation sites (tertiary alicyclic amines) is 1. The van der Waals surface area contributed by atoms with Crippen molar-refractivity contribution in [3.8, 4) is 0 Å². The highest BCUT2D eigenvalue weighted by Gasteiger charge is 2.25. The normalized spacial score (nSPS) is 19.8. The van der Waals surface area contributed by atoms with Gasteiger partial charge in [0.1, 0.15) is 0 Å². The summed E-state index contributed by atoms with van der Waals surface area (Å²) in [5.74, 6) is 0.261. The maximum atomic E-state index is 12.0.